The Balaban J connectivity index is 4.66. The first-order valence-electron chi connectivity index (χ1n) is 2.87. The molecular formula is C6H7F3O2. The molecule has 0 aliphatic rings. The number of aliphatic carboxylic acids is 1. The summed E-state index contributed by atoms with van der Waals surface area (Å²) in [5, 5.41) is 8.05. The summed E-state index contributed by atoms with van der Waals surface area (Å²) in [4.78, 5) is 9.95. The lowest BCUT2D eigenvalue weighted by Crippen LogP contribution is -2.23. The minimum atomic E-state index is -3.58. The van der Waals surface area contributed by atoms with Crippen molar-refractivity contribution in [3.8, 4) is 0 Å². The van der Waals surface area contributed by atoms with Crippen LogP contribution in [0.15, 0.2) is 11.9 Å². The van der Waals surface area contributed by atoms with E-state index in [1.54, 1.807) is 0 Å². The zero-order valence-corrected chi connectivity index (χ0v) is 5.77. The van der Waals surface area contributed by atoms with Crippen LogP contribution in [0, 0.1) is 0 Å². The Morgan fingerprint density at radius 2 is 2.09 bits per heavy atom. The zero-order chi connectivity index (χ0) is 9.07. The molecule has 0 aromatic carbocycles. The van der Waals surface area contributed by atoms with Gasteiger partial charge in [0, 0.05) is 6.42 Å². The highest BCUT2D eigenvalue weighted by Gasteiger charge is 2.36. The average Bonchev–Trinajstić information content (AvgIpc) is 1.88. The highest BCUT2D eigenvalue weighted by Crippen LogP contribution is 2.27. The van der Waals surface area contributed by atoms with Gasteiger partial charge in [0.05, 0.1) is 0 Å². The predicted octanol–water partition coefficient (Wildman–Crippen LogP) is 1.97. The normalized spacial score (nSPS) is 13.3. The van der Waals surface area contributed by atoms with Crippen LogP contribution < -0.4 is 0 Å². The average molecular weight is 168 g/mol. The van der Waals surface area contributed by atoms with Gasteiger partial charge in [0.15, 0.2) is 0 Å². The standard InChI is InChI=1S/C6H7F3O2/c1-2-6(8,9)4(3-7)5(10)11/h3H,2H2,1H3,(H,10,11). The molecule has 0 bridgehead atoms. The minimum absolute atomic E-state index is 0.578. The van der Waals surface area contributed by atoms with Gasteiger partial charge in [0.25, 0.3) is 5.92 Å². The van der Waals surface area contributed by atoms with E-state index >= 15 is 0 Å². The zero-order valence-electron chi connectivity index (χ0n) is 5.77. The maximum Gasteiger partial charge on any atom is 0.340 e. The van der Waals surface area contributed by atoms with Crippen molar-refractivity contribution >= 4 is 5.97 Å². The molecule has 0 heterocycles. The molecule has 0 aliphatic heterocycles. The van der Waals surface area contributed by atoms with Gasteiger partial charge in [-0.2, -0.15) is 0 Å². The van der Waals surface area contributed by atoms with Crippen LogP contribution >= 0.6 is 0 Å². The summed E-state index contributed by atoms with van der Waals surface area (Å²) < 4.78 is 36.3. The molecule has 0 aromatic rings. The van der Waals surface area contributed by atoms with Crippen molar-refractivity contribution in [3.05, 3.63) is 11.9 Å². The number of hydrogen-bond acceptors (Lipinski definition) is 1. The van der Waals surface area contributed by atoms with E-state index in [0.29, 0.717) is 0 Å². The molecule has 0 saturated heterocycles. The summed E-state index contributed by atoms with van der Waals surface area (Å²) >= 11 is 0. The molecule has 5 heteroatoms. The van der Waals surface area contributed by atoms with E-state index in [9.17, 15) is 18.0 Å². The molecule has 0 aliphatic carbocycles. The Hall–Kier alpha value is -1.00. The van der Waals surface area contributed by atoms with Gasteiger partial charge < -0.3 is 5.11 Å². The van der Waals surface area contributed by atoms with Gasteiger partial charge in [-0.25, -0.2) is 18.0 Å². The van der Waals surface area contributed by atoms with Crippen molar-refractivity contribution in [3.63, 3.8) is 0 Å². The third kappa shape index (κ3) is 2.25. The summed E-state index contributed by atoms with van der Waals surface area (Å²) in [5.41, 5.74) is -1.50. The van der Waals surface area contributed by atoms with Crippen LogP contribution in [0.2, 0.25) is 0 Å². The first kappa shape index (κ1) is 10.0. The maximum absolute atomic E-state index is 12.4. The second-order valence-electron chi connectivity index (χ2n) is 1.89. The van der Waals surface area contributed by atoms with Crippen molar-refractivity contribution in [2.75, 3.05) is 0 Å². The Kier molecular flexibility index (Phi) is 3.10. The van der Waals surface area contributed by atoms with Gasteiger partial charge in [0.1, 0.15) is 11.9 Å². The van der Waals surface area contributed by atoms with Gasteiger partial charge in [-0.1, -0.05) is 6.92 Å². The van der Waals surface area contributed by atoms with Gasteiger partial charge in [0.2, 0.25) is 0 Å². The summed E-state index contributed by atoms with van der Waals surface area (Å²) in [7, 11) is 0. The van der Waals surface area contributed by atoms with E-state index in [1.165, 1.54) is 0 Å². The van der Waals surface area contributed by atoms with Crippen LogP contribution in [-0.4, -0.2) is 17.0 Å². The molecule has 0 amide bonds. The first-order chi connectivity index (χ1) is 4.95. The fourth-order valence-electron chi connectivity index (χ4n) is 0.473. The fourth-order valence-corrected chi connectivity index (χ4v) is 0.473. The van der Waals surface area contributed by atoms with Gasteiger partial charge >= 0.3 is 5.97 Å². The van der Waals surface area contributed by atoms with E-state index in [4.69, 9.17) is 5.11 Å². The Morgan fingerprint density at radius 1 is 1.64 bits per heavy atom. The molecule has 0 spiro atoms. The molecule has 11 heavy (non-hydrogen) atoms. The number of halogens is 3. The minimum Gasteiger partial charge on any atom is -0.478 e. The van der Waals surface area contributed by atoms with Crippen LogP contribution in [0.1, 0.15) is 13.3 Å². The van der Waals surface area contributed by atoms with Crippen molar-refractivity contribution in [2.24, 2.45) is 0 Å². The molecule has 0 atom stereocenters. The molecule has 0 radical (unpaired) electrons. The summed E-state index contributed by atoms with van der Waals surface area (Å²) in [6, 6.07) is 0. The van der Waals surface area contributed by atoms with Crippen LogP contribution in [0.25, 0.3) is 0 Å². The highest BCUT2D eigenvalue weighted by molar-refractivity contribution is 5.88. The second kappa shape index (κ2) is 3.41. The number of carboxylic acids is 1. The molecule has 0 rings (SSSR count). The third-order valence-electron chi connectivity index (χ3n) is 1.18. The van der Waals surface area contributed by atoms with Crippen LogP contribution in [0.5, 0.6) is 0 Å². The molecule has 0 saturated carbocycles. The maximum atomic E-state index is 12.4. The van der Waals surface area contributed by atoms with Crippen molar-refractivity contribution in [2.45, 2.75) is 19.3 Å². The van der Waals surface area contributed by atoms with Gasteiger partial charge in [-0.15, -0.1) is 0 Å². The molecule has 0 fully saturated rings. The fraction of sp³-hybridized carbons (Fsp3) is 0.500. The SMILES string of the molecule is CCC(F)(F)C(=CF)C(=O)O. The van der Waals surface area contributed by atoms with Crippen LogP contribution in [0.4, 0.5) is 13.2 Å². The molecule has 2 nitrogen and oxygen atoms in total. The van der Waals surface area contributed by atoms with Crippen LogP contribution in [0.3, 0.4) is 0 Å². The van der Waals surface area contributed by atoms with E-state index in [1.807, 2.05) is 0 Å². The Morgan fingerprint density at radius 3 is 2.18 bits per heavy atom. The third-order valence-corrected chi connectivity index (χ3v) is 1.18. The lowest BCUT2D eigenvalue weighted by molar-refractivity contribution is -0.136. The predicted molar refractivity (Wildman–Crippen MR) is 32.1 cm³/mol. The van der Waals surface area contributed by atoms with Crippen molar-refractivity contribution < 1.29 is 23.1 Å². The largest absolute Gasteiger partial charge is 0.478 e. The molecule has 64 valence electrons. The number of carboxylic acid groups (broad SMARTS) is 1. The van der Waals surface area contributed by atoms with E-state index in [2.05, 4.69) is 0 Å². The Labute approximate surface area is 61.3 Å². The van der Waals surface area contributed by atoms with E-state index in [-0.39, 0.29) is 0 Å². The van der Waals surface area contributed by atoms with E-state index < -0.39 is 30.2 Å². The highest BCUT2D eigenvalue weighted by atomic mass is 19.3. The number of alkyl halides is 2. The van der Waals surface area contributed by atoms with Crippen molar-refractivity contribution in [1.29, 1.82) is 0 Å². The van der Waals surface area contributed by atoms with Crippen LogP contribution in [-0.2, 0) is 4.79 Å². The summed E-state index contributed by atoms with van der Waals surface area (Å²) in [6.07, 6.45) is -1.30. The number of carbonyl (C=O) groups is 1. The molecular weight excluding hydrogens is 161 g/mol. The van der Waals surface area contributed by atoms with Gasteiger partial charge in [-0.3, -0.25) is 0 Å². The number of rotatable bonds is 3. The quantitative estimate of drug-likeness (QED) is 0.654. The monoisotopic (exact) mass is 168 g/mol. The lowest BCUT2D eigenvalue weighted by atomic mass is 10.1. The topological polar surface area (TPSA) is 37.3 Å². The smallest absolute Gasteiger partial charge is 0.340 e. The number of hydrogen-bond donors (Lipinski definition) is 1. The summed E-state index contributed by atoms with van der Waals surface area (Å²) in [5.74, 6) is -5.51. The second-order valence-corrected chi connectivity index (χ2v) is 1.89. The van der Waals surface area contributed by atoms with Gasteiger partial charge in [-0.05, 0) is 0 Å². The van der Waals surface area contributed by atoms with E-state index in [0.717, 1.165) is 6.92 Å². The first-order valence-corrected chi connectivity index (χ1v) is 2.87. The lowest BCUT2D eigenvalue weighted by Gasteiger charge is -2.12. The van der Waals surface area contributed by atoms with Crippen molar-refractivity contribution in [1.82, 2.24) is 0 Å². The molecule has 0 unspecified atom stereocenters. The summed E-state index contributed by atoms with van der Waals surface area (Å²) in [6.45, 7) is 1.08. The Bertz CT molecular complexity index is 186. The molecule has 1 N–H and O–H groups in total. The molecule has 0 aromatic heterocycles.